The molecule has 7 nitrogen and oxygen atoms in total. The number of ether oxygens (including phenoxy) is 1. The number of nitrogens with zero attached hydrogens (tertiary/aromatic N) is 1. The molecule has 0 unspecified atom stereocenters. The van der Waals surface area contributed by atoms with Crippen LogP contribution in [0.3, 0.4) is 0 Å². The van der Waals surface area contributed by atoms with E-state index in [0.717, 1.165) is 17.0 Å². The Bertz CT molecular complexity index is 1090. The molecule has 30 heavy (non-hydrogen) atoms. The molecule has 1 aliphatic rings. The minimum atomic E-state index is -0.978. The summed E-state index contributed by atoms with van der Waals surface area (Å²) in [6.07, 6.45) is 1.44. The van der Waals surface area contributed by atoms with Gasteiger partial charge in [-0.15, -0.1) is 0 Å². The van der Waals surface area contributed by atoms with Crippen LogP contribution in [0.1, 0.15) is 5.56 Å². The van der Waals surface area contributed by atoms with Crippen molar-refractivity contribution in [2.75, 3.05) is 19.0 Å². The van der Waals surface area contributed by atoms with Gasteiger partial charge in [0.05, 0.1) is 21.3 Å². The fraction of sp³-hybridized carbons (Fsp3) is 0.105. The van der Waals surface area contributed by atoms with E-state index in [0.29, 0.717) is 27.0 Å². The summed E-state index contributed by atoms with van der Waals surface area (Å²) in [5.74, 6) is -3.14. The Morgan fingerprint density at radius 1 is 1.30 bits per heavy atom. The minimum Gasteiger partial charge on any atom is -0.504 e. The van der Waals surface area contributed by atoms with Gasteiger partial charge in [-0.3, -0.25) is 19.3 Å². The Kier molecular flexibility index (Phi) is 6.61. The van der Waals surface area contributed by atoms with E-state index in [1.807, 2.05) is 22.6 Å². The van der Waals surface area contributed by atoms with Crippen LogP contribution in [0.4, 0.5) is 19.3 Å². The first kappa shape index (κ1) is 22.0. The van der Waals surface area contributed by atoms with Crippen molar-refractivity contribution in [3.8, 4) is 11.5 Å². The lowest BCUT2D eigenvalue weighted by Gasteiger charge is -2.12. The number of phenols is 1. The monoisotopic (exact) mass is 546 g/mol. The summed E-state index contributed by atoms with van der Waals surface area (Å²) in [4.78, 5) is 37.7. The molecule has 0 aliphatic carbocycles. The number of aromatic hydroxyl groups is 1. The molecule has 0 aromatic heterocycles. The lowest BCUT2D eigenvalue weighted by Crippen LogP contribution is -2.36. The number of thioether (sulfide) groups is 1. The molecular weight excluding hydrogens is 533 g/mol. The average molecular weight is 546 g/mol. The number of amides is 3. The third kappa shape index (κ3) is 4.73. The first-order valence-electron chi connectivity index (χ1n) is 8.26. The number of carbonyl (C=O) groups excluding carboxylic acids is 3. The molecule has 156 valence electrons. The number of imide groups is 1. The molecule has 2 aromatic rings. The molecular formula is C19H13F2IN2O5S. The molecule has 0 radical (unpaired) electrons. The second kappa shape index (κ2) is 9.00. The van der Waals surface area contributed by atoms with Gasteiger partial charge in [0, 0.05) is 6.07 Å². The molecule has 1 saturated heterocycles. The lowest BCUT2D eigenvalue weighted by atomic mass is 10.2. The zero-order valence-electron chi connectivity index (χ0n) is 15.2. The van der Waals surface area contributed by atoms with Gasteiger partial charge in [-0.25, -0.2) is 8.78 Å². The fourth-order valence-electron chi connectivity index (χ4n) is 2.54. The number of hydrogen-bond donors (Lipinski definition) is 2. The molecule has 1 heterocycles. The fourth-order valence-corrected chi connectivity index (χ4v) is 4.01. The van der Waals surface area contributed by atoms with Gasteiger partial charge in [0.1, 0.15) is 18.2 Å². The van der Waals surface area contributed by atoms with Crippen LogP contribution < -0.4 is 10.1 Å². The van der Waals surface area contributed by atoms with Crippen molar-refractivity contribution in [2.24, 2.45) is 0 Å². The van der Waals surface area contributed by atoms with Crippen molar-refractivity contribution in [3.05, 3.63) is 56.0 Å². The van der Waals surface area contributed by atoms with E-state index in [1.54, 1.807) is 6.07 Å². The Balaban J connectivity index is 1.75. The zero-order valence-corrected chi connectivity index (χ0v) is 18.2. The number of rotatable bonds is 5. The van der Waals surface area contributed by atoms with Crippen molar-refractivity contribution >= 4 is 63.2 Å². The molecule has 3 rings (SSSR count). The highest BCUT2D eigenvalue weighted by molar-refractivity contribution is 14.1. The number of carbonyl (C=O) groups is 3. The van der Waals surface area contributed by atoms with Crippen LogP contribution >= 0.6 is 34.4 Å². The predicted molar refractivity (Wildman–Crippen MR) is 115 cm³/mol. The normalized spacial score (nSPS) is 15.1. The summed E-state index contributed by atoms with van der Waals surface area (Å²) in [6, 6.07) is 5.70. The van der Waals surface area contributed by atoms with E-state index in [9.17, 15) is 28.3 Å². The van der Waals surface area contributed by atoms with Crippen molar-refractivity contribution in [1.29, 1.82) is 0 Å². The second-order valence-electron chi connectivity index (χ2n) is 5.99. The van der Waals surface area contributed by atoms with Crippen LogP contribution in [-0.4, -0.2) is 40.7 Å². The summed E-state index contributed by atoms with van der Waals surface area (Å²) >= 11 is 2.54. The first-order valence-corrected chi connectivity index (χ1v) is 10.2. The average Bonchev–Trinajstić information content (AvgIpc) is 2.94. The lowest BCUT2D eigenvalue weighted by molar-refractivity contribution is -0.127. The van der Waals surface area contributed by atoms with E-state index in [2.05, 4.69) is 5.32 Å². The molecule has 1 aliphatic heterocycles. The number of halogens is 3. The van der Waals surface area contributed by atoms with Gasteiger partial charge < -0.3 is 15.2 Å². The van der Waals surface area contributed by atoms with Gasteiger partial charge in [-0.2, -0.15) is 0 Å². The number of hydrogen-bond acceptors (Lipinski definition) is 6. The standard InChI is InChI=1S/C19H13F2IN2O5S/c1-29-14-5-9(4-12(22)17(14)26)6-15-18(27)24(19(28)30-15)8-16(25)23-13-3-2-10(20)7-11(13)21/h2-7,26H,8H2,1H3,(H,23,25)/b15-6+. The maximum Gasteiger partial charge on any atom is 0.294 e. The summed E-state index contributed by atoms with van der Waals surface area (Å²) in [7, 11) is 1.38. The van der Waals surface area contributed by atoms with E-state index >= 15 is 0 Å². The third-order valence-electron chi connectivity index (χ3n) is 3.95. The topological polar surface area (TPSA) is 95.9 Å². The largest absolute Gasteiger partial charge is 0.504 e. The van der Waals surface area contributed by atoms with E-state index in [-0.39, 0.29) is 22.1 Å². The Labute approximate surface area is 187 Å². The summed E-state index contributed by atoms with van der Waals surface area (Å²) in [6.45, 7) is -0.630. The molecule has 2 N–H and O–H groups in total. The first-order chi connectivity index (χ1) is 14.2. The van der Waals surface area contributed by atoms with Crippen LogP contribution in [0.15, 0.2) is 35.2 Å². The van der Waals surface area contributed by atoms with Crippen LogP contribution in [0.2, 0.25) is 0 Å². The summed E-state index contributed by atoms with van der Waals surface area (Å²) in [5.41, 5.74) is 0.243. The number of phenolic OH excluding ortho intramolecular Hbond substituents is 1. The smallest absolute Gasteiger partial charge is 0.294 e. The van der Waals surface area contributed by atoms with Crippen molar-refractivity contribution in [1.82, 2.24) is 4.90 Å². The van der Waals surface area contributed by atoms with E-state index < -0.39 is 35.2 Å². The molecule has 0 spiro atoms. The van der Waals surface area contributed by atoms with Gasteiger partial charge in [-0.05, 0) is 70.3 Å². The zero-order chi connectivity index (χ0) is 22.0. The van der Waals surface area contributed by atoms with Gasteiger partial charge >= 0.3 is 0 Å². The van der Waals surface area contributed by atoms with E-state index in [4.69, 9.17) is 4.74 Å². The summed E-state index contributed by atoms with van der Waals surface area (Å²) in [5, 5.41) is 11.4. The van der Waals surface area contributed by atoms with Gasteiger partial charge in [0.25, 0.3) is 11.1 Å². The molecule has 0 atom stereocenters. The molecule has 2 aromatic carbocycles. The maximum atomic E-state index is 13.7. The maximum absolute atomic E-state index is 13.7. The highest BCUT2D eigenvalue weighted by Gasteiger charge is 2.36. The van der Waals surface area contributed by atoms with Gasteiger partial charge in [0.2, 0.25) is 5.91 Å². The quantitative estimate of drug-likeness (QED) is 0.436. The van der Waals surface area contributed by atoms with Crippen molar-refractivity contribution < 1.29 is 33.0 Å². The molecule has 0 bridgehead atoms. The van der Waals surface area contributed by atoms with Gasteiger partial charge in [0.15, 0.2) is 11.5 Å². The predicted octanol–water partition coefficient (Wildman–Crippen LogP) is 3.96. The number of benzene rings is 2. The summed E-state index contributed by atoms with van der Waals surface area (Å²) < 4.78 is 32.2. The van der Waals surface area contributed by atoms with Crippen LogP contribution in [0.25, 0.3) is 6.08 Å². The molecule has 3 amide bonds. The van der Waals surface area contributed by atoms with Crippen LogP contribution in [-0.2, 0) is 9.59 Å². The number of nitrogens with one attached hydrogen (secondary N) is 1. The highest BCUT2D eigenvalue weighted by atomic mass is 127. The van der Waals surface area contributed by atoms with Gasteiger partial charge in [-0.1, -0.05) is 0 Å². The van der Waals surface area contributed by atoms with Crippen LogP contribution in [0, 0.1) is 15.2 Å². The molecule has 0 saturated carbocycles. The highest BCUT2D eigenvalue weighted by Crippen LogP contribution is 2.36. The number of anilines is 1. The Hall–Kier alpha value is -2.67. The molecule has 11 heteroatoms. The number of methoxy groups -OCH3 is 1. The van der Waals surface area contributed by atoms with Crippen molar-refractivity contribution in [3.63, 3.8) is 0 Å². The second-order valence-corrected chi connectivity index (χ2v) is 8.15. The van der Waals surface area contributed by atoms with Crippen LogP contribution in [0.5, 0.6) is 11.5 Å². The Morgan fingerprint density at radius 3 is 2.70 bits per heavy atom. The van der Waals surface area contributed by atoms with Crippen molar-refractivity contribution in [2.45, 2.75) is 0 Å². The third-order valence-corrected chi connectivity index (χ3v) is 5.68. The minimum absolute atomic E-state index is 0.0481. The molecule has 1 fully saturated rings. The Morgan fingerprint density at radius 2 is 2.03 bits per heavy atom. The SMILES string of the molecule is COc1cc(/C=C2/SC(=O)N(CC(=O)Nc3ccc(F)cc3F)C2=O)cc(I)c1O. The van der Waals surface area contributed by atoms with E-state index in [1.165, 1.54) is 19.3 Å².